The number of pyridine rings is 1. The SMILES string of the molecule is CCCc1[nH]c(=O)c(Cc2cc(OC)c3ccccc3c2)c2cc(OC)ccc12. The van der Waals surface area contributed by atoms with Gasteiger partial charge >= 0.3 is 0 Å². The number of hydrogen-bond donors (Lipinski definition) is 1. The summed E-state index contributed by atoms with van der Waals surface area (Å²) in [5, 5.41) is 4.19. The van der Waals surface area contributed by atoms with Gasteiger partial charge in [-0.1, -0.05) is 43.7 Å². The molecule has 0 aliphatic heterocycles. The number of aromatic amines is 1. The largest absolute Gasteiger partial charge is 0.497 e. The topological polar surface area (TPSA) is 51.3 Å². The molecule has 1 N–H and O–H groups in total. The Kier molecular flexibility index (Phi) is 5.26. The van der Waals surface area contributed by atoms with E-state index in [4.69, 9.17) is 9.47 Å². The van der Waals surface area contributed by atoms with Crippen molar-refractivity contribution in [2.24, 2.45) is 0 Å². The Labute approximate surface area is 170 Å². The molecular formula is C25H25NO3. The van der Waals surface area contributed by atoms with E-state index in [1.165, 1.54) is 0 Å². The third-order valence-corrected chi connectivity index (χ3v) is 5.40. The van der Waals surface area contributed by atoms with Gasteiger partial charge in [-0.05, 0) is 47.0 Å². The van der Waals surface area contributed by atoms with Crippen LogP contribution in [0.2, 0.25) is 0 Å². The molecule has 0 aliphatic rings. The first-order chi connectivity index (χ1) is 14.1. The van der Waals surface area contributed by atoms with Crippen molar-refractivity contribution in [2.75, 3.05) is 14.2 Å². The van der Waals surface area contributed by atoms with E-state index in [-0.39, 0.29) is 5.56 Å². The number of aromatic nitrogens is 1. The summed E-state index contributed by atoms with van der Waals surface area (Å²) in [7, 11) is 3.33. The van der Waals surface area contributed by atoms with Crippen molar-refractivity contribution >= 4 is 21.5 Å². The fraction of sp³-hybridized carbons (Fsp3) is 0.240. The molecular weight excluding hydrogens is 362 g/mol. The van der Waals surface area contributed by atoms with Gasteiger partial charge in [0.05, 0.1) is 14.2 Å². The number of ether oxygens (including phenoxy) is 2. The zero-order valence-electron chi connectivity index (χ0n) is 17.0. The second-order valence-electron chi connectivity index (χ2n) is 7.27. The van der Waals surface area contributed by atoms with Crippen molar-refractivity contribution in [3.63, 3.8) is 0 Å². The summed E-state index contributed by atoms with van der Waals surface area (Å²) >= 11 is 0. The summed E-state index contributed by atoms with van der Waals surface area (Å²) in [4.78, 5) is 16.1. The molecule has 4 rings (SSSR count). The molecule has 0 radical (unpaired) electrons. The average molecular weight is 387 g/mol. The second-order valence-corrected chi connectivity index (χ2v) is 7.27. The van der Waals surface area contributed by atoms with Crippen molar-refractivity contribution in [2.45, 2.75) is 26.2 Å². The van der Waals surface area contributed by atoms with E-state index in [0.29, 0.717) is 6.42 Å². The van der Waals surface area contributed by atoms with E-state index in [2.05, 4.69) is 24.0 Å². The number of H-pyrrole nitrogens is 1. The summed E-state index contributed by atoms with van der Waals surface area (Å²) in [6.07, 6.45) is 2.33. The number of rotatable bonds is 6. The minimum Gasteiger partial charge on any atom is -0.497 e. The van der Waals surface area contributed by atoms with Crippen LogP contribution >= 0.6 is 0 Å². The van der Waals surface area contributed by atoms with Crippen molar-refractivity contribution in [3.05, 3.63) is 81.8 Å². The molecule has 0 aliphatic carbocycles. The molecule has 0 bridgehead atoms. The van der Waals surface area contributed by atoms with Gasteiger partial charge in [-0.15, -0.1) is 0 Å². The Morgan fingerprint density at radius 2 is 1.72 bits per heavy atom. The number of fused-ring (bicyclic) bond motifs is 2. The van der Waals surface area contributed by atoms with Crippen LogP contribution in [-0.2, 0) is 12.8 Å². The van der Waals surface area contributed by atoms with Gasteiger partial charge in [0.2, 0.25) is 0 Å². The smallest absolute Gasteiger partial charge is 0.252 e. The molecule has 4 heteroatoms. The van der Waals surface area contributed by atoms with Crippen molar-refractivity contribution < 1.29 is 9.47 Å². The molecule has 0 atom stereocenters. The third-order valence-electron chi connectivity index (χ3n) is 5.40. The molecule has 1 aromatic heterocycles. The molecule has 0 spiro atoms. The van der Waals surface area contributed by atoms with Gasteiger partial charge in [0.15, 0.2) is 0 Å². The number of hydrogen-bond acceptors (Lipinski definition) is 3. The predicted octanol–water partition coefficient (Wildman–Crippen LogP) is 5.24. The highest BCUT2D eigenvalue weighted by Gasteiger charge is 2.14. The molecule has 1 heterocycles. The van der Waals surface area contributed by atoms with Crippen LogP contribution in [0.25, 0.3) is 21.5 Å². The maximum absolute atomic E-state index is 13.0. The Balaban J connectivity index is 1.90. The van der Waals surface area contributed by atoms with E-state index >= 15 is 0 Å². The Hall–Kier alpha value is -3.27. The lowest BCUT2D eigenvalue weighted by atomic mass is 9.96. The zero-order chi connectivity index (χ0) is 20.4. The number of aryl methyl sites for hydroxylation is 1. The lowest BCUT2D eigenvalue weighted by Crippen LogP contribution is -2.16. The summed E-state index contributed by atoms with van der Waals surface area (Å²) in [6.45, 7) is 2.11. The highest BCUT2D eigenvalue weighted by Crippen LogP contribution is 2.30. The van der Waals surface area contributed by atoms with Crippen molar-refractivity contribution in [1.82, 2.24) is 4.98 Å². The van der Waals surface area contributed by atoms with Crippen LogP contribution in [0.3, 0.4) is 0 Å². The molecule has 0 saturated carbocycles. The highest BCUT2D eigenvalue weighted by atomic mass is 16.5. The molecule has 0 fully saturated rings. The first-order valence-corrected chi connectivity index (χ1v) is 9.92. The van der Waals surface area contributed by atoms with Crippen LogP contribution in [0.1, 0.15) is 30.2 Å². The van der Waals surface area contributed by atoms with Gasteiger partial charge in [0.1, 0.15) is 11.5 Å². The van der Waals surface area contributed by atoms with Crippen molar-refractivity contribution in [3.8, 4) is 11.5 Å². The lowest BCUT2D eigenvalue weighted by molar-refractivity contribution is 0.415. The first-order valence-electron chi connectivity index (χ1n) is 9.92. The highest BCUT2D eigenvalue weighted by molar-refractivity contribution is 5.91. The summed E-state index contributed by atoms with van der Waals surface area (Å²) < 4.78 is 11.0. The lowest BCUT2D eigenvalue weighted by Gasteiger charge is -2.13. The Morgan fingerprint density at radius 3 is 2.48 bits per heavy atom. The zero-order valence-corrected chi connectivity index (χ0v) is 17.0. The molecule has 0 saturated heterocycles. The quantitative estimate of drug-likeness (QED) is 0.492. The molecule has 4 nitrogen and oxygen atoms in total. The van der Waals surface area contributed by atoms with Gasteiger partial charge < -0.3 is 14.5 Å². The van der Waals surface area contributed by atoms with Crippen LogP contribution in [-0.4, -0.2) is 19.2 Å². The minimum atomic E-state index is -0.0404. The molecule has 29 heavy (non-hydrogen) atoms. The minimum absolute atomic E-state index is 0.0404. The standard InChI is InChI=1S/C25H25NO3/c1-4-7-23-20-11-10-18(28-2)15-21(20)22(25(27)26-23)13-16-12-17-8-5-6-9-19(17)24(14-16)29-3/h5-6,8-12,14-15H,4,7,13H2,1-3H3,(H,26,27). The summed E-state index contributed by atoms with van der Waals surface area (Å²) in [5.74, 6) is 1.57. The van der Waals surface area contributed by atoms with E-state index in [9.17, 15) is 4.79 Å². The second kappa shape index (κ2) is 8.00. The van der Waals surface area contributed by atoms with Gasteiger partial charge in [0, 0.05) is 28.5 Å². The van der Waals surface area contributed by atoms with Gasteiger partial charge in [0.25, 0.3) is 5.56 Å². The normalized spacial score (nSPS) is 11.1. The van der Waals surface area contributed by atoms with Gasteiger partial charge in [-0.2, -0.15) is 0 Å². The van der Waals surface area contributed by atoms with E-state index in [1.807, 2.05) is 42.5 Å². The third kappa shape index (κ3) is 3.58. The maximum Gasteiger partial charge on any atom is 0.252 e. The predicted molar refractivity (Wildman–Crippen MR) is 118 cm³/mol. The van der Waals surface area contributed by atoms with Crippen LogP contribution in [0.4, 0.5) is 0 Å². The van der Waals surface area contributed by atoms with Crippen molar-refractivity contribution in [1.29, 1.82) is 0 Å². The fourth-order valence-electron chi connectivity index (χ4n) is 4.00. The molecule has 148 valence electrons. The number of benzene rings is 3. The van der Waals surface area contributed by atoms with Crippen LogP contribution < -0.4 is 15.0 Å². The number of nitrogens with one attached hydrogen (secondary N) is 1. The average Bonchev–Trinajstić information content (AvgIpc) is 2.75. The van der Waals surface area contributed by atoms with E-state index in [1.54, 1.807) is 14.2 Å². The molecule has 4 aromatic rings. The van der Waals surface area contributed by atoms with E-state index < -0.39 is 0 Å². The summed E-state index contributed by atoms with van der Waals surface area (Å²) in [6, 6.07) is 18.2. The first kappa shape index (κ1) is 19.1. The van der Waals surface area contributed by atoms with Crippen LogP contribution in [0, 0.1) is 0 Å². The molecule has 0 amide bonds. The maximum atomic E-state index is 13.0. The number of methoxy groups -OCH3 is 2. The van der Waals surface area contributed by atoms with E-state index in [0.717, 1.165) is 62.7 Å². The molecule has 3 aromatic carbocycles. The van der Waals surface area contributed by atoms with Crippen LogP contribution in [0.5, 0.6) is 11.5 Å². The summed E-state index contributed by atoms with van der Waals surface area (Å²) in [5.41, 5.74) is 2.73. The fourth-order valence-corrected chi connectivity index (χ4v) is 4.00. The van der Waals surface area contributed by atoms with Gasteiger partial charge in [-0.3, -0.25) is 4.79 Å². The monoisotopic (exact) mass is 387 g/mol. The Bertz CT molecular complexity index is 1240. The Morgan fingerprint density at radius 1 is 0.897 bits per heavy atom. The van der Waals surface area contributed by atoms with Gasteiger partial charge in [-0.25, -0.2) is 0 Å². The molecule has 0 unspecified atom stereocenters. The van der Waals surface area contributed by atoms with Crippen LogP contribution in [0.15, 0.2) is 59.4 Å².